The summed E-state index contributed by atoms with van der Waals surface area (Å²) in [6, 6.07) is 18.5. The Hall–Kier alpha value is -1.73. The zero-order valence-electron chi connectivity index (χ0n) is 14.0. The van der Waals surface area contributed by atoms with Gasteiger partial charge in [-0.05, 0) is 0 Å². The van der Waals surface area contributed by atoms with Crippen molar-refractivity contribution in [2.24, 2.45) is 0 Å². The standard InChI is InChI=1S/C20H20IN2OS/c1-21-18(11-15-6-3-2-4-7-15)20(24)22-12-16-8-5-9-17(10-16)19-13-25-14-23-19/h2-10,13-14,18H,11-12H2,1H3,(H,22,24)/q-1. The van der Waals surface area contributed by atoms with Crippen LogP contribution in [0.1, 0.15) is 11.1 Å². The number of thiazole rings is 1. The molecule has 0 radical (unpaired) electrons. The zero-order chi connectivity index (χ0) is 17.5. The predicted octanol–water partition coefficient (Wildman–Crippen LogP) is 0.756. The van der Waals surface area contributed by atoms with Crippen molar-refractivity contribution in [1.29, 1.82) is 0 Å². The Bertz CT molecular complexity index is 806. The van der Waals surface area contributed by atoms with Gasteiger partial charge in [0.05, 0.1) is 0 Å². The van der Waals surface area contributed by atoms with Crippen molar-refractivity contribution in [3.05, 3.63) is 76.6 Å². The Morgan fingerprint density at radius 2 is 1.96 bits per heavy atom. The van der Waals surface area contributed by atoms with E-state index in [1.807, 2.05) is 41.2 Å². The van der Waals surface area contributed by atoms with Gasteiger partial charge in [-0.15, -0.1) is 0 Å². The summed E-state index contributed by atoms with van der Waals surface area (Å²) in [7, 11) is 0. The van der Waals surface area contributed by atoms with Crippen molar-refractivity contribution < 1.29 is 26.0 Å². The zero-order valence-corrected chi connectivity index (χ0v) is 17.0. The third-order valence-corrected chi connectivity index (χ3v) is 7.02. The Morgan fingerprint density at radius 1 is 1.16 bits per heavy atom. The van der Waals surface area contributed by atoms with Gasteiger partial charge in [0.25, 0.3) is 0 Å². The molecule has 0 saturated carbocycles. The Morgan fingerprint density at radius 3 is 2.68 bits per heavy atom. The van der Waals surface area contributed by atoms with Crippen LogP contribution in [0.25, 0.3) is 11.3 Å². The molecule has 1 N–H and O–H groups in total. The number of aromatic nitrogens is 1. The third-order valence-electron chi connectivity index (χ3n) is 3.93. The molecule has 1 unspecified atom stereocenters. The Labute approximate surface area is 162 Å². The molecule has 3 rings (SSSR count). The molecule has 1 heterocycles. The minimum absolute atomic E-state index is 0.114. The molecule has 3 aromatic rings. The molecule has 3 nitrogen and oxygen atoms in total. The van der Waals surface area contributed by atoms with Crippen molar-refractivity contribution in [3.63, 3.8) is 0 Å². The summed E-state index contributed by atoms with van der Waals surface area (Å²) < 4.78 is 0.114. The fraction of sp³-hybridized carbons (Fsp3) is 0.200. The summed E-state index contributed by atoms with van der Waals surface area (Å²) in [4.78, 5) is 19.1. The quantitative estimate of drug-likeness (QED) is 0.416. The first-order valence-corrected chi connectivity index (χ1v) is 12.4. The van der Waals surface area contributed by atoms with Gasteiger partial charge in [-0.2, -0.15) is 0 Å². The third kappa shape index (κ3) is 5.12. The fourth-order valence-corrected chi connectivity index (χ4v) is 4.88. The van der Waals surface area contributed by atoms with Crippen LogP contribution in [0.5, 0.6) is 0 Å². The van der Waals surface area contributed by atoms with Crippen LogP contribution >= 0.6 is 11.3 Å². The monoisotopic (exact) mass is 463 g/mol. The van der Waals surface area contributed by atoms with E-state index in [-0.39, 0.29) is 31.0 Å². The molecular weight excluding hydrogens is 443 g/mol. The normalized spacial score (nSPS) is 12.0. The van der Waals surface area contributed by atoms with Gasteiger partial charge < -0.3 is 0 Å². The number of nitrogens with one attached hydrogen (secondary N) is 1. The van der Waals surface area contributed by atoms with Crippen LogP contribution < -0.4 is 26.5 Å². The minimum atomic E-state index is -0.164. The number of halogens is 1. The van der Waals surface area contributed by atoms with Crippen LogP contribution in [0.15, 0.2) is 65.5 Å². The van der Waals surface area contributed by atoms with Crippen molar-refractivity contribution in [3.8, 4) is 11.3 Å². The summed E-state index contributed by atoms with van der Waals surface area (Å²) in [5.41, 5.74) is 6.25. The maximum absolute atomic E-state index is 12.6. The van der Waals surface area contributed by atoms with E-state index in [1.165, 1.54) is 5.56 Å². The molecule has 5 heteroatoms. The number of benzene rings is 2. The van der Waals surface area contributed by atoms with Crippen molar-refractivity contribution >= 4 is 17.2 Å². The average Bonchev–Trinajstić information content (AvgIpc) is 3.20. The van der Waals surface area contributed by atoms with Crippen LogP contribution in [-0.2, 0) is 17.8 Å². The molecule has 0 saturated heterocycles. The average molecular weight is 463 g/mol. The molecule has 130 valence electrons. The molecular formula is C20H20IN2OS-. The van der Waals surface area contributed by atoms with Gasteiger partial charge in [0.1, 0.15) is 0 Å². The molecule has 0 aliphatic rings. The number of alkyl halides is 2. The summed E-state index contributed by atoms with van der Waals surface area (Å²) in [5.74, 6) is 0.165. The number of hydrogen-bond donors (Lipinski definition) is 1. The van der Waals surface area contributed by atoms with Gasteiger partial charge in [0.15, 0.2) is 0 Å². The molecule has 0 fully saturated rings. The van der Waals surface area contributed by atoms with Crippen LogP contribution in [0.3, 0.4) is 0 Å². The molecule has 1 atom stereocenters. The van der Waals surface area contributed by atoms with Gasteiger partial charge in [0, 0.05) is 0 Å². The van der Waals surface area contributed by atoms with Gasteiger partial charge in [-0.1, -0.05) is 0 Å². The van der Waals surface area contributed by atoms with E-state index in [9.17, 15) is 4.79 Å². The van der Waals surface area contributed by atoms with E-state index in [1.54, 1.807) is 11.3 Å². The molecule has 0 aliphatic heterocycles. The van der Waals surface area contributed by atoms with E-state index in [0.717, 1.165) is 23.2 Å². The number of hydrogen-bond acceptors (Lipinski definition) is 3. The number of nitrogens with zero attached hydrogens (tertiary/aromatic N) is 1. The van der Waals surface area contributed by atoms with Gasteiger partial charge >= 0.3 is 163 Å². The topological polar surface area (TPSA) is 42.0 Å². The molecule has 25 heavy (non-hydrogen) atoms. The molecule has 0 bridgehead atoms. The second kappa shape index (κ2) is 9.10. The first-order valence-electron chi connectivity index (χ1n) is 8.03. The van der Waals surface area contributed by atoms with E-state index in [2.05, 4.69) is 39.5 Å². The molecule has 0 aliphatic carbocycles. The van der Waals surface area contributed by atoms with E-state index in [4.69, 9.17) is 0 Å². The van der Waals surface area contributed by atoms with Gasteiger partial charge in [-0.3, -0.25) is 0 Å². The summed E-state index contributed by atoms with van der Waals surface area (Å²) >= 11 is 1.42. The van der Waals surface area contributed by atoms with Crippen molar-refractivity contribution in [1.82, 2.24) is 10.3 Å². The van der Waals surface area contributed by atoms with E-state index in [0.29, 0.717) is 6.54 Å². The molecule has 1 aromatic heterocycles. The molecule has 1 amide bonds. The van der Waals surface area contributed by atoms with Crippen molar-refractivity contribution in [2.45, 2.75) is 16.9 Å². The van der Waals surface area contributed by atoms with Crippen LogP contribution in [0.2, 0.25) is 0 Å². The Balaban J connectivity index is 1.60. The van der Waals surface area contributed by atoms with Crippen LogP contribution in [-0.4, -0.2) is 19.7 Å². The summed E-state index contributed by atoms with van der Waals surface area (Å²) in [5, 5.41) is 5.15. The SMILES string of the molecule is C[I-]C(Cc1ccccc1)C(=O)NCc1cccc(-c2cscn2)c1. The summed E-state index contributed by atoms with van der Waals surface area (Å²) in [6.07, 6.45) is 0.829. The van der Waals surface area contributed by atoms with Gasteiger partial charge in [0.2, 0.25) is 0 Å². The predicted molar refractivity (Wildman–Crippen MR) is 99.3 cm³/mol. The van der Waals surface area contributed by atoms with Crippen molar-refractivity contribution in [2.75, 3.05) is 4.93 Å². The maximum atomic E-state index is 12.6. The number of rotatable bonds is 7. The van der Waals surface area contributed by atoms with E-state index >= 15 is 0 Å². The first-order chi connectivity index (χ1) is 12.3. The fourth-order valence-electron chi connectivity index (χ4n) is 2.59. The number of carbonyl (C=O) groups is 1. The Kier molecular flexibility index (Phi) is 6.58. The molecule has 2 aromatic carbocycles. The second-order valence-corrected chi connectivity index (χ2v) is 9.14. The van der Waals surface area contributed by atoms with Crippen LogP contribution in [0.4, 0.5) is 0 Å². The first kappa shape index (κ1) is 18.1. The van der Waals surface area contributed by atoms with Crippen LogP contribution in [0, 0.1) is 0 Å². The second-order valence-electron chi connectivity index (χ2n) is 5.67. The number of amides is 1. The van der Waals surface area contributed by atoms with Gasteiger partial charge in [-0.25, -0.2) is 0 Å². The number of carbonyl (C=O) groups excluding carboxylic acids is 1. The summed E-state index contributed by atoms with van der Waals surface area (Å²) in [6.45, 7) is 0.561. The van der Waals surface area contributed by atoms with E-state index < -0.39 is 0 Å². The molecule has 0 spiro atoms.